The lowest BCUT2D eigenvalue weighted by Gasteiger charge is -2.19. The number of unbranched alkanes of at least 4 members (excludes halogenated alkanes) is 2. The van der Waals surface area contributed by atoms with E-state index in [1.807, 2.05) is 46.8 Å². The van der Waals surface area contributed by atoms with Gasteiger partial charge in [0.05, 0.1) is 44.8 Å². The van der Waals surface area contributed by atoms with E-state index in [0.717, 1.165) is 58.2 Å². The SMILES string of the molecule is CCCCCOS(=O)(=O)c1ccc(C)cc1.CCOS(=O)(=O)c1ccc(C)cc1.COS(=O)(=O)c1c(C)cc(C)cc1C.Cc1cc(C)c(S(=O)(=O)OCC(=O)OC(C)(C)C)c(C)c1.Cc1ccc(S(=O)(=O)OCC(=O)OC(C)(C)C)cc1. The van der Waals surface area contributed by atoms with Gasteiger partial charge in [-0.25, -0.2) is 9.59 Å². The second-order valence-corrected chi connectivity index (χ2v) is 29.0. The first-order chi connectivity index (χ1) is 38.0. The molecule has 24 heteroatoms. The molecule has 0 unspecified atom stereocenters. The van der Waals surface area contributed by atoms with Gasteiger partial charge in [-0.3, -0.25) is 20.9 Å². The third kappa shape index (κ3) is 28.4. The molecule has 0 bridgehead atoms. The van der Waals surface area contributed by atoms with Crippen LogP contribution in [0.5, 0.6) is 0 Å². The van der Waals surface area contributed by atoms with Crippen LogP contribution in [0.4, 0.5) is 0 Å². The first-order valence-corrected chi connectivity index (χ1v) is 33.2. The lowest BCUT2D eigenvalue weighted by Crippen LogP contribution is -2.27. The Hall–Kier alpha value is -5.41. The second kappa shape index (κ2) is 33.3. The van der Waals surface area contributed by atoms with Gasteiger partial charge in [-0.15, -0.1) is 0 Å². The van der Waals surface area contributed by atoms with E-state index < -0.39 is 86.9 Å². The van der Waals surface area contributed by atoms with E-state index in [2.05, 4.69) is 19.5 Å². The van der Waals surface area contributed by atoms with Crippen LogP contribution >= 0.6 is 0 Å². The Kier molecular flexibility index (Phi) is 30.4. The molecule has 0 aromatic heterocycles. The molecule has 0 saturated carbocycles. The van der Waals surface area contributed by atoms with Crippen molar-refractivity contribution in [2.24, 2.45) is 0 Å². The molecule has 464 valence electrons. The van der Waals surface area contributed by atoms with Crippen LogP contribution in [0.15, 0.2) is 122 Å². The lowest BCUT2D eigenvalue weighted by atomic mass is 10.1. The second-order valence-electron chi connectivity index (χ2n) is 21.0. The topological polar surface area (TPSA) is 269 Å². The first-order valence-electron chi connectivity index (χ1n) is 26.2. The average Bonchev–Trinajstić information content (AvgIpc) is 3.55. The predicted octanol–water partition coefficient (Wildman–Crippen LogP) is 11.3. The quantitative estimate of drug-likeness (QED) is 0.0422. The molecule has 0 saturated heterocycles. The Balaban J connectivity index is 0.000000524. The molecule has 83 heavy (non-hydrogen) atoms. The number of hydrogen-bond acceptors (Lipinski definition) is 19. The summed E-state index contributed by atoms with van der Waals surface area (Å²) < 4.78 is 151. The highest BCUT2D eigenvalue weighted by molar-refractivity contribution is 7.87. The molecule has 0 atom stereocenters. The summed E-state index contributed by atoms with van der Waals surface area (Å²) in [5.74, 6) is -1.43. The van der Waals surface area contributed by atoms with E-state index in [1.54, 1.807) is 149 Å². The standard InChI is InChI=1S/C15H22O5S.C13H18O5S.C12H18O3S.C10H14O3S.C9H12O3S/c1-10-7-11(2)14(12(3)8-10)21(17,18)19-9-13(16)20-15(4,5)6;1-10-5-7-11(8-6-10)19(15,16)17-9-12(14)18-13(2,3)4;1-3-4-5-10-15-16(13,14)12-8-6-11(2)7-9-12;1-7-5-8(2)10(9(3)6-7)14(11,12)13-4;1-3-12-13(10,11)9-6-4-8(2)5-7-9/h7-8H,9H2,1-6H3;5-8H,9H2,1-4H3;6-9H,3-5,10H2,1-2H3;5-6H,1-4H3;4-7H,3H2,1-2H3. The fourth-order valence-electron chi connectivity index (χ4n) is 7.25. The van der Waals surface area contributed by atoms with Crippen LogP contribution < -0.4 is 0 Å². The van der Waals surface area contributed by atoms with Crippen molar-refractivity contribution >= 4 is 62.5 Å². The molecular formula is C59H84O19S5. The molecule has 0 aliphatic carbocycles. The highest BCUT2D eigenvalue weighted by Gasteiger charge is 2.26. The monoisotopic (exact) mass is 1260 g/mol. The smallest absolute Gasteiger partial charge is 0.334 e. The molecule has 5 rings (SSSR count). The number of benzene rings is 5. The van der Waals surface area contributed by atoms with Crippen molar-refractivity contribution in [2.45, 2.75) is 173 Å². The van der Waals surface area contributed by atoms with Gasteiger partial charge in [-0.05, 0) is 176 Å². The summed E-state index contributed by atoms with van der Waals surface area (Å²) >= 11 is 0. The summed E-state index contributed by atoms with van der Waals surface area (Å²) in [5, 5.41) is 0. The summed E-state index contributed by atoms with van der Waals surface area (Å²) in [7, 11) is -17.4. The Morgan fingerprint density at radius 2 is 0.675 bits per heavy atom. The molecule has 0 N–H and O–H groups in total. The number of ether oxygens (including phenoxy) is 2. The Morgan fingerprint density at radius 1 is 0.386 bits per heavy atom. The Labute approximate surface area is 495 Å². The normalized spacial score (nSPS) is 11.9. The summed E-state index contributed by atoms with van der Waals surface area (Å²) in [4.78, 5) is 23.8. The molecule has 5 aromatic rings. The molecule has 0 heterocycles. The maximum Gasteiger partial charge on any atom is 0.334 e. The van der Waals surface area contributed by atoms with Crippen LogP contribution in [-0.2, 0) is 90.6 Å². The van der Waals surface area contributed by atoms with E-state index in [0.29, 0.717) is 11.1 Å². The van der Waals surface area contributed by atoms with Crippen molar-refractivity contribution in [1.29, 1.82) is 0 Å². The highest BCUT2D eigenvalue weighted by atomic mass is 32.2. The predicted molar refractivity (Wildman–Crippen MR) is 318 cm³/mol. The maximum atomic E-state index is 12.2. The number of carbonyl (C=O) groups is 2. The van der Waals surface area contributed by atoms with Crippen molar-refractivity contribution in [3.8, 4) is 0 Å². The fraction of sp³-hybridized carbons (Fsp3) is 0.458. The molecule has 0 amide bonds. The summed E-state index contributed by atoms with van der Waals surface area (Å²) in [6, 6.07) is 26.6. The minimum Gasteiger partial charge on any atom is -0.458 e. The molecule has 19 nitrogen and oxygen atoms in total. The number of esters is 2. The molecule has 5 aromatic carbocycles. The van der Waals surface area contributed by atoms with Crippen molar-refractivity contribution in [2.75, 3.05) is 33.5 Å². The van der Waals surface area contributed by atoms with Crippen molar-refractivity contribution in [3.05, 3.63) is 147 Å². The molecule has 0 radical (unpaired) electrons. The van der Waals surface area contributed by atoms with Gasteiger partial charge < -0.3 is 9.47 Å². The Bertz CT molecular complexity index is 3430. The minimum absolute atomic E-state index is 0.0154. The lowest BCUT2D eigenvalue weighted by molar-refractivity contribution is -0.158. The molecule has 0 aliphatic heterocycles. The van der Waals surface area contributed by atoms with Crippen molar-refractivity contribution in [3.63, 3.8) is 0 Å². The van der Waals surface area contributed by atoms with Crippen LogP contribution in [0.1, 0.15) is 125 Å². The largest absolute Gasteiger partial charge is 0.458 e. The van der Waals surface area contributed by atoms with Crippen LogP contribution in [0.25, 0.3) is 0 Å². The zero-order chi connectivity index (χ0) is 64.0. The zero-order valence-electron chi connectivity index (χ0n) is 51.0. The maximum absolute atomic E-state index is 12.2. The fourth-order valence-corrected chi connectivity index (χ4v) is 12.3. The van der Waals surface area contributed by atoms with E-state index >= 15 is 0 Å². The number of carbonyl (C=O) groups excluding carboxylic acids is 2. The van der Waals surface area contributed by atoms with Crippen molar-refractivity contribution < 1.29 is 82.1 Å². The average molecular weight is 1260 g/mol. The van der Waals surface area contributed by atoms with E-state index in [9.17, 15) is 51.7 Å². The third-order valence-electron chi connectivity index (χ3n) is 10.6. The molecular weight excluding hydrogens is 1170 g/mol. The van der Waals surface area contributed by atoms with Gasteiger partial charge >= 0.3 is 11.9 Å². The number of rotatable bonds is 19. The van der Waals surface area contributed by atoms with Gasteiger partial charge in [0.1, 0.15) is 11.2 Å². The van der Waals surface area contributed by atoms with Gasteiger partial charge in [0.2, 0.25) is 0 Å². The first kappa shape index (κ1) is 75.6. The van der Waals surface area contributed by atoms with Gasteiger partial charge in [0.15, 0.2) is 13.2 Å². The Morgan fingerprint density at radius 3 is 0.964 bits per heavy atom. The molecule has 0 fully saturated rings. The number of aryl methyl sites for hydroxylation is 9. The zero-order valence-corrected chi connectivity index (χ0v) is 55.1. The summed E-state index contributed by atoms with van der Waals surface area (Å²) in [6.07, 6.45) is 2.82. The summed E-state index contributed by atoms with van der Waals surface area (Å²) in [5.41, 5.74) is 6.30. The third-order valence-corrected chi connectivity index (χ3v) is 17.8. The summed E-state index contributed by atoms with van der Waals surface area (Å²) in [6.45, 7) is 29.5. The van der Waals surface area contributed by atoms with Crippen LogP contribution in [0.2, 0.25) is 0 Å². The van der Waals surface area contributed by atoms with Crippen LogP contribution in [0.3, 0.4) is 0 Å². The minimum atomic E-state index is -3.99. The van der Waals surface area contributed by atoms with Gasteiger partial charge in [0.25, 0.3) is 50.6 Å². The van der Waals surface area contributed by atoms with Gasteiger partial charge in [-0.1, -0.05) is 108 Å². The van der Waals surface area contributed by atoms with Gasteiger partial charge in [-0.2, -0.15) is 42.1 Å². The van der Waals surface area contributed by atoms with E-state index in [-0.39, 0.29) is 37.7 Å². The van der Waals surface area contributed by atoms with Crippen molar-refractivity contribution in [1.82, 2.24) is 0 Å². The van der Waals surface area contributed by atoms with E-state index in [1.165, 1.54) is 19.2 Å². The number of hydrogen-bond donors (Lipinski definition) is 0. The van der Waals surface area contributed by atoms with E-state index in [4.69, 9.17) is 17.8 Å². The van der Waals surface area contributed by atoms with Gasteiger partial charge in [0, 0.05) is 0 Å². The highest BCUT2D eigenvalue weighted by Crippen LogP contribution is 2.25. The molecule has 0 aliphatic rings. The molecule has 0 spiro atoms. The van der Waals surface area contributed by atoms with Crippen LogP contribution in [-0.4, -0.2) is 98.8 Å². The van der Waals surface area contributed by atoms with Crippen LogP contribution in [0, 0.1) is 62.3 Å².